The van der Waals surface area contributed by atoms with E-state index in [0.29, 0.717) is 5.56 Å². The highest BCUT2D eigenvalue weighted by Gasteiger charge is 2.30. The van der Waals surface area contributed by atoms with Gasteiger partial charge in [-0.3, -0.25) is 9.59 Å². The first-order valence-corrected chi connectivity index (χ1v) is 7.42. The second-order valence-corrected chi connectivity index (χ2v) is 6.61. The molecule has 0 N–H and O–H groups in total. The third-order valence-corrected chi connectivity index (χ3v) is 4.62. The highest BCUT2D eigenvalue weighted by molar-refractivity contribution is 7.92. The van der Waals surface area contributed by atoms with Crippen molar-refractivity contribution in [2.75, 3.05) is 5.75 Å². The van der Waals surface area contributed by atoms with Crippen LogP contribution in [0.4, 0.5) is 0 Å². The molecule has 1 aliphatic rings. The van der Waals surface area contributed by atoms with Crippen LogP contribution in [0.1, 0.15) is 30.1 Å². The smallest absolute Gasteiger partial charge is 0.185 e. The Morgan fingerprint density at radius 2 is 1.72 bits per heavy atom. The zero-order valence-corrected chi connectivity index (χ0v) is 10.9. The molecule has 0 bridgehead atoms. The number of sulfone groups is 1. The summed E-state index contributed by atoms with van der Waals surface area (Å²) in [7, 11) is -3.57. The van der Waals surface area contributed by atoms with Gasteiger partial charge in [-0.05, 0) is 31.9 Å². The summed E-state index contributed by atoms with van der Waals surface area (Å²) in [4.78, 5) is 22.7. The van der Waals surface area contributed by atoms with Gasteiger partial charge in [0.15, 0.2) is 15.6 Å². The Hall–Kier alpha value is -1.49. The molecule has 2 rings (SSSR count). The van der Waals surface area contributed by atoms with E-state index in [1.807, 2.05) is 0 Å². The lowest BCUT2D eigenvalue weighted by molar-refractivity contribution is -0.114. The van der Waals surface area contributed by atoms with Gasteiger partial charge in [0.05, 0.1) is 4.90 Å². The Kier molecular flexibility index (Phi) is 3.34. The van der Waals surface area contributed by atoms with E-state index in [-0.39, 0.29) is 16.6 Å². The first-order valence-electron chi connectivity index (χ1n) is 5.76. The van der Waals surface area contributed by atoms with Gasteiger partial charge in [-0.25, -0.2) is 8.42 Å². The van der Waals surface area contributed by atoms with Gasteiger partial charge in [0.1, 0.15) is 11.5 Å². The van der Waals surface area contributed by atoms with Crippen LogP contribution >= 0.6 is 0 Å². The summed E-state index contributed by atoms with van der Waals surface area (Å²) in [6.07, 6.45) is 1.84. The first-order chi connectivity index (χ1) is 8.40. The van der Waals surface area contributed by atoms with E-state index in [0.717, 1.165) is 12.8 Å². The molecule has 5 heteroatoms. The average molecular weight is 266 g/mol. The van der Waals surface area contributed by atoms with E-state index in [1.165, 1.54) is 31.2 Å². The van der Waals surface area contributed by atoms with Crippen LogP contribution in [0.25, 0.3) is 0 Å². The number of rotatable bonds is 5. The highest BCUT2D eigenvalue weighted by Crippen LogP contribution is 2.32. The molecule has 0 amide bonds. The topological polar surface area (TPSA) is 68.3 Å². The van der Waals surface area contributed by atoms with Crippen LogP contribution < -0.4 is 0 Å². The van der Waals surface area contributed by atoms with Crippen LogP contribution in [0.15, 0.2) is 29.2 Å². The van der Waals surface area contributed by atoms with E-state index in [1.54, 1.807) is 0 Å². The number of Topliss-reactive ketones (excluding diaryl/α,β-unsaturated/α-hetero) is 2. The van der Waals surface area contributed by atoms with Crippen LogP contribution in [0, 0.1) is 5.92 Å². The summed E-state index contributed by atoms with van der Waals surface area (Å²) in [6.45, 7) is 1.24. The minimum Gasteiger partial charge on any atom is -0.299 e. The van der Waals surface area contributed by atoms with Crippen LogP contribution in [-0.2, 0) is 14.6 Å². The third-order valence-electron chi connectivity index (χ3n) is 2.84. The standard InChI is InChI=1S/C13H14O4S/c1-9(14)8-18(16,17)12-6-4-11(5-7-12)13(15)10-2-3-10/h4-7,10H,2-3,8H2,1H3. The largest absolute Gasteiger partial charge is 0.299 e. The molecule has 0 atom stereocenters. The van der Waals surface area contributed by atoms with Crippen LogP contribution in [0.2, 0.25) is 0 Å². The Balaban J connectivity index is 2.21. The van der Waals surface area contributed by atoms with Crippen LogP contribution in [0.3, 0.4) is 0 Å². The summed E-state index contributed by atoms with van der Waals surface area (Å²) in [5.74, 6) is -0.702. The predicted molar refractivity (Wildman–Crippen MR) is 66.2 cm³/mol. The summed E-state index contributed by atoms with van der Waals surface area (Å²) >= 11 is 0. The molecule has 1 aliphatic carbocycles. The van der Waals surface area contributed by atoms with Gasteiger partial charge < -0.3 is 0 Å². The lowest BCUT2D eigenvalue weighted by atomic mass is 10.1. The molecule has 0 unspecified atom stereocenters. The normalized spacial score (nSPS) is 15.4. The van der Waals surface area contributed by atoms with Gasteiger partial charge in [-0.15, -0.1) is 0 Å². The van der Waals surface area contributed by atoms with E-state index in [9.17, 15) is 18.0 Å². The predicted octanol–water partition coefficient (Wildman–Crippen LogP) is 1.64. The number of hydrogen-bond donors (Lipinski definition) is 0. The molecular weight excluding hydrogens is 252 g/mol. The van der Waals surface area contributed by atoms with E-state index < -0.39 is 21.4 Å². The lowest BCUT2D eigenvalue weighted by Crippen LogP contribution is -2.13. The summed E-state index contributed by atoms with van der Waals surface area (Å²) in [6, 6.07) is 5.84. The molecule has 0 heterocycles. The molecule has 1 aromatic carbocycles. The zero-order chi connectivity index (χ0) is 13.3. The van der Waals surface area contributed by atoms with E-state index >= 15 is 0 Å². The van der Waals surface area contributed by atoms with Crippen molar-refractivity contribution in [3.63, 3.8) is 0 Å². The van der Waals surface area contributed by atoms with E-state index in [4.69, 9.17) is 0 Å². The Morgan fingerprint density at radius 1 is 1.17 bits per heavy atom. The molecule has 18 heavy (non-hydrogen) atoms. The molecule has 0 radical (unpaired) electrons. The van der Waals surface area contributed by atoms with Crippen molar-refractivity contribution < 1.29 is 18.0 Å². The third kappa shape index (κ3) is 2.85. The molecule has 1 fully saturated rings. The van der Waals surface area contributed by atoms with E-state index in [2.05, 4.69) is 0 Å². The van der Waals surface area contributed by atoms with Crippen molar-refractivity contribution in [2.45, 2.75) is 24.7 Å². The number of carbonyl (C=O) groups excluding carboxylic acids is 2. The fraction of sp³-hybridized carbons (Fsp3) is 0.385. The molecule has 0 aromatic heterocycles. The van der Waals surface area contributed by atoms with Crippen molar-refractivity contribution >= 4 is 21.4 Å². The SMILES string of the molecule is CC(=O)CS(=O)(=O)c1ccc(C(=O)C2CC2)cc1. The van der Waals surface area contributed by atoms with Crippen LogP contribution in [-0.4, -0.2) is 25.7 Å². The second-order valence-electron chi connectivity index (χ2n) is 4.62. The molecule has 1 saturated carbocycles. The van der Waals surface area contributed by atoms with Gasteiger partial charge in [0.2, 0.25) is 0 Å². The van der Waals surface area contributed by atoms with Gasteiger partial charge in [0.25, 0.3) is 0 Å². The number of carbonyl (C=O) groups is 2. The average Bonchev–Trinajstić information content (AvgIpc) is 3.10. The Labute approximate surface area is 106 Å². The summed E-state index contributed by atoms with van der Waals surface area (Å²) < 4.78 is 23.5. The fourth-order valence-electron chi connectivity index (χ4n) is 1.76. The quantitative estimate of drug-likeness (QED) is 0.760. The number of benzene rings is 1. The molecule has 0 spiro atoms. The maximum atomic E-state index is 11.8. The molecule has 96 valence electrons. The Bertz CT molecular complexity index is 580. The number of ketones is 2. The maximum absolute atomic E-state index is 11.8. The minimum absolute atomic E-state index is 0.0746. The molecule has 0 aliphatic heterocycles. The molecular formula is C13H14O4S. The fourth-order valence-corrected chi connectivity index (χ4v) is 3.01. The van der Waals surface area contributed by atoms with Gasteiger partial charge in [0, 0.05) is 11.5 Å². The number of hydrogen-bond acceptors (Lipinski definition) is 4. The van der Waals surface area contributed by atoms with Crippen molar-refractivity contribution in [3.05, 3.63) is 29.8 Å². The molecule has 1 aromatic rings. The Morgan fingerprint density at radius 3 is 2.17 bits per heavy atom. The van der Waals surface area contributed by atoms with Crippen molar-refractivity contribution in [2.24, 2.45) is 5.92 Å². The lowest BCUT2D eigenvalue weighted by Gasteiger charge is -2.03. The van der Waals surface area contributed by atoms with Gasteiger partial charge >= 0.3 is 0 Å². The second kappa shape index (κ2) is 4.65. The molecule has 0 saturated heterocycles. The van der Waals surface area contributed by atoms with Crippen molar-refractivity contribution in [3.8, 4) is 0 Å². The van der Waals surface area contributed by atoms with Crippen molar-refractivity contribution in [1.29, 1.82) is 0 Å². The monoisotopic (exact) mass is 266 g/mol. The molecule has 4 nitrogen and oxygen atoms in total. The first kappa shape index (κ1) is 13.0. The van der Waals surface area contributed by atoms with Crippen LogP contribution in [0.5, 0.6) is 0 Å². The highest BCUT2D eigenvalue weighted by atomic mass is 32.2. The zero-order valence-electron chi connectivity index (χ0n) is 10.0. The minimum atomic E-state index is -3.57. The van der Waals surface area contributed by atoms with Gasteiger partial charge in [-0.1, -0.05) is 12.1 Å². The summed E-state index contributed by atoms with van der Waals surface area (Å²) in [5, 5.41) is 0. The van der Waals surface area contributed by atoms with Gasteiger partial charge in [-0.2, -0.15) is 0 Å². The maximum Gasteiger partial charge on any atom is 0.185 e. The van der Waals surface area contributed by atoms with Crippen molar-refractivity contribution in [1.82, 2.24) is 0 Å². The summed E-state index contributed by atoms with van der Waals surface area (Å²) in [5.41, 5.74) is 0.541.